The van der Waals surface area contributed by atoms with Gasteiger partial charge in [0.15, 0.2) is 11.7 Å². The molecule has 3 rings (SSSR count). The number of benzene rings is 1. The molecule has 5 N–H and O–H groups in total. The molecule has 1 atom stereocenters. The number of phenols is 1. The zero-order valence-electron chi connectivity index (χ0n) is 19.0. The number of aliphatic imine (C=N–C) groups is 1. The highest BCUT2D eigenvalue weighted by Crippen LogP contribution is 2.36. The lowest BCUT2D eigenvalue weighted by Crippen LogP contribution is -2.39. The van der Waals surface area contributed by atoms with Gasteiger partial charge >= 0.3 is 5.97 Å². The van der Waals surface area contributed by atoms with E-state index in [1.165, 1.54) is 22.9 Å². The number of phenolic OH excluding ortho intramolecular Hbond substituents is 1. The summed E-state index contributed by atoms with van der Waals surface area (Å²) in [5.41, 5.74) is 0.225. The predicted octanol–water partition coefficient (Wildman–Crippen LogP) is 1.34. The number of halogens is 2. The van der Waals surface area contributed by atoms with E-state index in [0.29, 0.717) is 18.3 Å². The zero-order chi connectivity index (χ0) is 25.5. The van der Waals surface area contributed by atoms with Gasteiger partial charge in [0, 0.05) is 30.2 Å². The Morgan fingerprint density at radius 1 is 1.29 bits per heavy atom. The number of ether oxygens (including phenoxy) is 1. The fraction of sp³-hybridized carbons (Fsp3) is 0.381. The average Bonchev–Trinajstić information content (AvgIpc) is 3.44. The third-order valence-electron chi connectivity index (χ3n) is 4.89. The molecule has 1 unspecified atom stereocenters. The number of hydrogen-bond acceptors (Lipinski definition) is 9. The minimum atomic E-state index is -1.00. The Hall–Kier alpha value is -3.51. The second-order valence-electron chi connectivity index (χ2n) is 7.46. The normalized spacial score (nSPS) is 13.4. The second-order valence-corrected chi connectivity index (χ2v) is 8.30. The van der Waals surface area contributed by atoms with Crippen molar-refractivity contribution in [2.75, 3.05) is 31.6 Å². The first-order valence-electron chi connectivity index (χ1n) is 10.7. The Kier molecular flexibility index (Phi) is 8.77. The number of aromatic hydroxyl groups is 1. The highest BCUT2D eigenvalue weighted by molar-refractivity contribution is 6.35. The molecule has 1 aliphatic heterocycles. The van der Waals surface area contributed by atoms with Crippen LogP contribution >= 0.6 is 23.2 Å². The van der Waals surface area contributed by atoms with Crippen molar-refractivity contribution >= 4 is 52.8 Å². The zero-order valence-corrected chi connectivity index (χ0v) is 20.5. The first kappa shape index (κ1) is 26.1. The molecule has 0 bridgehead atoms. The molecule has 0 spiro atoms. The van der Waals surface area contributed by atoms with E-state index in [0.717, 1.165) is 6.54 Å². The van der Waals surface area contributed by atoms with Gasteiger partial charge in [-0.2, -0.15) is 5.10 Å². The molecule has 1 aliphatic rings. The predicted molar refractivity (Wildman–Crippen MR) is 130 cm³/mol. The number of rotatable bonds is 9. The van der Waals surface area contributed by atoms with Crippen molar-refractivity contribution in [3.63, 3.8) is 0 Å². The molecule has 188 valence electrons. The summed E-state index contributed by atoms with van der Waals surface area (Å²) in [7, 11) is 1.66. The monoisotopic (exact) mass is 525 g/mol. The number of esters is 1. The number of hydrogen-bond donors (Lipinski definition) is 5. The third-order valence-corrected chi connectivity index (χ3v) is 5.39. The number of carbonyl (C=O) groups is 3. The molecule has 1 aromatic heterocycles. The summed E-state index contributed by atoms with van der Waals surface area (Å²) in [5.74, 6) is -1.02. The van der Waals surface area contributed by atoms with Crippen LogP contribution in [0.15, 0.2) is 23.2 Å². The van der Waals surface area contributed by atoms with E-state index < -0.39 is 30.4 Å². The van der Waals surface area contributed by atoms with Crippen molar-refractivity contribution in [3.8, 4) is 5.75 Å². The Bertz CT molecular complexity index is 1150. The maximum atomic E-state index is 12.6. The van der Waals surface area contributed by atoms with Crippen molar-refractivity contribution in [2.45, 2.75) is 19.4 Å². The van der Waals surface area contributed by atoms with Crippen molar-refractivity contribution in [1.82, 2.24) is 25.7 Å². The minimum Gasteiger partial charge on any atom is -0.506 e. The Morgan fingerprint density at radius 3 is 2.74 bits per heavy atom. The lowest BCUT2D eigenvalue weighted by atomic mass is 10.0. The average molecular weight is 526 g/mol. The number of guanidine groups is 1. The highest BCUT2D eigenvalue weighted by Gasteiger charge is 2.24. The largest absolute Gasteiger partial charge is 0.506 e. The first-order valence-corrected chi connectivity index (χ1v) is 11.4. The van der Waals surface area contributed by atoms with Gasteiger partial charge in [0.2, 0.25) is 5.91 Å². The SMILES string of the molecule is CCOC(=O)CC(NC(=O)CNC(=O)c1cc(NC2=NCCN2)n(C)n1)c1cc(Cl)cc(Cl)c1O. The second kappa shape index (κ2) is 11.8. The summed E-state index contributed by atoms with van der Waals surface area (Å²) in [6.07, 6.45) is -0.287. The summed E-state index contributed by atoms with van der Waals surface area (Å²) >= 11 is 12.0. The summed E-state index contributed by atoms with van der Waals surface area (Å²) < 4.78 is 6.43. The van der Waals surface area contributed by atoms with Crippen LogP contribution in [0.2, 0.25) is 10.0 Å². The van der Waals surface area contributed by atoms with Crippen molar-refractivity contribution < 1.29 is 24.2 Å². The molecule has 0 saturated carbocycles. The molecule has 1 aromatic carbocycles. The van der Waals surface area contributed by atoms with Crippen LogP contribution in [-0.2, 0) is 21.4 Å². The fourth-order valence-corrected chi connectivity index (χ4v) is 3.78. The topological polar surface area (TPSA) is 159 Å². The lowest BCUT2D eigenvalue weighted by molar-refractivity contribution is -0.143. The van der Waals surface area contributed by atoms with Gasteiger partial charge in [-0.25, -0.2) is 0 Å². The summed E-state index contributed by atoms with van der Waals surface area (Å²) in [4.78, 5) is 41.4. The Labute approximate surface area is 211 Å². The molecule has 2 aromatic rings. The number of nitrogens with one attached hydrogen (secondary N) is 4. The number of aryl methyl sites for hydroxylation is 1. The molecular formula is C21H25Cl2N7O5. The molecule has 0 fully saturated rings. The van der Waals surface area contributed by atoms with E-state index in [9.17, 15) is 19.5 Å². The van der Waals surface area contributed by atoms with E-state index in [1.807, 2.05) is 0 Å². The van der Waals surface area contributed by atoms with Gasteiger partial charge in [-0.05, 0) is 19.1 Å². The van der Waals surface area contributed by atoms with Gasteiger partial charge in [-0.1, -0.05) is 23.2 Å². The molecule has 0 aliphatic carbocycles. The van der Waals surface area contributed by atoms with E-state index in [1.54, 1.807) is 14.0 Å². The number of amides is 2. The summed E-state index contributed by atoms with van der Waals surface area (Å²) in [6, 6.07) is 3.24. The number of carbonyl (C=O) groups excluding carboxylic acids is 3. The minimum absolute atomic E-state index is 0.0396. The molecule has 12 nitrogen and oxygen atoms in total. The Morgan fingerprint density at radius 2 is 2.06 bits per heavy atom. The van der Waals surface area contributed by atoms with E-state index >= 15 is 0 Å². The van der Waals surface area contributed by atoms with Crippen LogP contribution in [-0.4, -0.2) is 64.9 Å². The summed E-state index contributed by atoms with van der Waals surface area (Å²) in [5, 5.41) is 25.8. The van der Waals surface area contributed by atoms with Crippen LogP contribution in [0.4, 0.5) is 5.82 Å². The van der Waals surface area contributed by atoms with Crippen molar-refractivity contribution in [1.29, 1.82) is 0 Å². The van der Waals surface area contributed by atoms with Crippen LogP contribution in [0.1, 0.15) is 35.4 Å². The number of anilines is 1. The fourth-order valence-electron chi connectivity index (χ4n) is 3.27. The molecule has 0 radical (unpaired) electrons. The van der Waals surface area contributed by atoms with Crippen molar-refractivity contribution in [2.24, 2.45) is 12.0 Å². The molecule has 0 saturated heterocycles. The Balaban J connectivity index is 1.65. The van der Waals surface area contributed by atoms with Gasteiger partial charge in [0.25, 0.3) is 5.91 Å². The maximum Gasteiger partial charge on any atom is 0.308 e. The highest BCUT2D eigenvalue weighted by atomic mass is 35.5. The first-order chi connectivity index (χ1) is 16.7. The molecule has 35 heavy (non-hydrogen) atoms. The molecule has 14 heteroatoms. The summed E-state index contributed by atoms with van der Waals surface area (Å²) in [6.45, 7) is 2.74. The third kappa shape index (κ3) is 6.99. The van der Waals surface area contributed by atoms with Crippen LogP contribution in [0, 0.1) is 0 Å². The quantitative estimate of drug-likeness (QED) is 0.306. The van der Waals surface area contributed by atoms with Crippen LogP contribution in [0.25, 0.3) is 0 Å². The van der Waals surface area contributed by atoms with E-state index in [4.69, 9.17) is 27.9 Å². The number of aromatic nitrogens is 2. The maximum absolute atomic E-state index is 12.6. The molecular weight excluding hydrogens is 501 g/mol. The van der Waals surface area contributed by atoms with E-state index in [-0.39, 0.29) is 40.1 Å². The van der Waals surface area contributed by atoms with Gasteiger partial charge in [0.05, 0.1) is 37.2 Å². The van der Waals surface area contributed by atoms with Gasteiger partial charge in [0.1, 0.15) is 11.6 Å². The van der Waals surface area contributed by atoms with Gasteiger partial charge < -0.3 is 31.1 Å². The smallest absolute Gasteiger partial charge is 0.308 e. The molecule has 2 amide bonds. The van der Waals surface area contributed by atoms with Crippen LogP contribution in [0.5, 0.6) is 5.75 Å². The standard InChI is InChI=1S/C21H25Cl2N7O5/c1-3-35-18(32)9-14(12-6-11(22)7-13(23)19(12)33)27-17(31)10-26-20(34)15-8-16(30(2)29-15)28-21-24-4-5-25-21/h6-8,14,33H,3-5,9-10H2,1-2H3,(H,26,34)(H,27,31)(H2,24,25,28). The number of nitrogens with zero attached hydrogens (tertiary/aromatic N) is 3. The van der Waals surface area contributed by atoms with Crippen LogP contribution < -0.4 is 21.3 Å². The molecule has 2 heterocycles. The van der Waals surface area contributed by atoms with Gasteiger partial charge in [-0.3, -0.25) is 24.1 Å². The van der Waals surface area contributed by atoms with E-state index in [2.05, 4.69) is 31.4 Å². The van der Waals surface area contributed by atoms with Crippen LogP contribution in [0.3, 0.4) is 0 Å². The van der Waals surface area contributed by atoms with Crippen molar-refractivity contribution in [3.05, 3.63) is 39.5 Å². The van der Waals surface area contributed by atoms with Gasteiger partial charge in [-0.15, -0.1) is 0 Å². The lowest BCUT2D eigenvalue weighted by Gasteiger charge is -2.20.